The quantitative estimate of drug-likeness (QED) is 0.830. The fourth-order valence-corrected chi connectivity index (χ4v) is 2.24. The Morgan fingerprint density at radius 2 is 1.94 bits per heavy atom. The third-order valence-corrected chi connectivity index (χ3v) is 5.01. The number of rotatable bonds is 4. The van der Waals surface area contributed by atoms with Crippen molar-refractivity contribution in [3.8, 4) is 0 Å². The molecule has 17 heavy (non-hydrogen) atoms. The maximum atomic E-state index is 11.7. The van der Waals surface area contributed by atoms with Crippen molar-refractivity contribution in [3.63, 3.8) is 0 Å². The number of hydrogen-bond donors (Lipinski definition) is 0. The first kappa shape index (κ1) is 14.2. The molecule has 0 aromatic carbocycles. The Morgan fingerprint density at radius 3 is 2.35 bits per heavy atom. The number of nitrogens with zero attached hydrogens (tertiary/aromatic N) is 2. The summed E-state index contributed by atoms with van der Waals surface area (Å²) < 4.78 is 25.0. The highest BCUT2D eigenvalue weighted by Crippen LogP contribution is 2.20. The van der Waals surface area contributed by atoms with Crippen molar-refractivity contribution in [3.05, 3.63) is 18.0 Å². The van der Waals surface area contributed by atoms with E-state index in [1.807, 2.05) is 12.4 Å². The van der Waals surface area contributed by atoms with E-state index in [-0.39, 0.29) is 16.4 Å². The lowest BCUT2D eigenvalue weighted by Crippen LogP contribution is -2.21. The van der Waals surface area contributed by atoms with Gasteiger partial charge in [-0.1, -0.05) is 20.8 Å². The predicted octanol–water partition coefficient (Wildman–Crippen LogP) is 2.00. The SMILES string of the molecule is CC(C)S(=O)(=O)CCn1cc(C(C)(C)C)cn1. The third-order valence-electron chi connectivity index (χ3n) is 2.82. The van der Waals surface area contributed by atoms with Gasteiger partial charge >= 0.3 is 0 Å². The Kier molecular flexibility index (Phi) is 4.02. The summed E-state index contributed by atoms with van der Waals surface area (Å²) in [5.41, 5.74) is 1.18. The molecule has 0 atom stereocenters. The summed E-state index contributed by atoms with van der Waals surface area (Å²) in [7, 11) is -2.98. The average molecular weight is 258 g/mol. The first-order valence-electron chi connectivity index (χ1n) is 5.87. The van der Waals surface area contributed by atoms with Gasteiger partial charge in [0, 0.05) is 6.20 Å². The molecular weight excluding hydrogens is 236 g/mol. The second-order valence-electron chi connectivity index (χ2n) is 5.66. The van der Waals surface area contributed by atoms with Gasteiger partial charge in [-0.15, -0.1) is 0 Å². The summed E-state index contributed by atoms with van der Waals surface area (Å²) in [4.78, 5) is 0. The maximum Gasteiger partial charge on any atom is 0.154 e. The van der Waals surface area contributed by atoms with Gasteiger partial charge in [0.2, 0.25) is 0 Å². The van der Waals surface area contributed by atoms with E-state index in [2.05, 4.69) is 25.9 Å². The highest BCUT2D eigenvalue weighted by molar-refractivity contribution is 7.91. The van der Waals surface area contributed by atoms with Crippen LogP contribution in [0.5, 0.6) is 0 Å². The molecule has 0 spiro atoms. The van der Waals surface area contributed by atoms with Gasteiger partial charge in [0.05, 0.1) is 23.7 Å². The van der Waals surface area contributed by atoms with Crippen LogP contribution in [0, 0.1) is 0 Å². The lowest BCUT2D eigenvalue weighted by Gasteiger charge is -2.15. The summed E-state index contributed by atoms with van der Waals surface area (Å²) in [5, 5.41) is 3.88. The minimum atomic E-state index is -2.98. The van der Waals surface area contributed by atoms with Gasteiger partial charge in [-0.3, -0.25) is 4.68 Å². The van der Waals surface area contributed by atoms with E-state index in [1.54, 1.807) is 18.5 Å². The number of sulfone groups is 1. The molecule has 5 heteroatoms. The number of aromatic nitrogens is 2. The highest BCUT2D eigenvalue weighted by atomic mass is 32.2. The number of aryl methyl sites for hydroxylation is 1. The zero-order valence-corrected chi connectivity index (χ0v) is 12.1. The van der Waals surface area contributed by atoms with Crippen LogP contribution in [0.1, 0.15) is 40.2 Å². The van der Waals surface area contributed by atoms with Crippen LogP contribution in [0.25, 0.3) is 0 Å². The van der Waals surface area contributed by atoms with Crippen LogP contribution in [0.15, 0.2) is 12.4 Å². The third kappa shape index (κ3) is 3.84. The van der Waals surface area contributed by atoms with Crippen molar-refractivity contribution in [2.24, 2.45) is 0 Å². The second-order valence-corrected chi connectivity index (χ2v) is 8.33. The molecule has 0 N–H and O–H groups in total. The summed E-state index contributed by atoms with van der Waals surface area (Å²) >= 11 is 0. The van der Waals surface area contributed by atoms with E-state index < -0.39 is 9.84 Å². The zero-order chi connectivity index (χ0) is 13.3. The molecule has 0 aliphatic carbocycles. The van der Waals surface area contributed by atoms with E-state index in [0.29, 0.717) is 6.54 Å². The normalized spacial score (nSPS) is 13.3. The molecule has 0 aliphatic heterocycles. The van der Waals surface area contributed by atoms with Crippen LogP contribution in [0.2, 0.25) is 0 Å². The molecule has 0 aliphatic rings. The Morgan fingerprint density at radius 1 is 1.35 bits per heavy atom. The van der Waals surface area contributed by atoms with Gasteiger partial charge in [-0.2, -0.15) is 5.10 Å². The molecule has 1 aromatic heterocycles. The van der Waals surface area contributed by atoms with Crippen molar-refractivity contribution in [2.75, 3.05) is 5.75 Å². The summed E-state index contributed by atoms with van der Waals surface area (Å²) in [6, 6.07) is 0. The lowest BCUT2D eigenvalue weighted by atomic mass is 9.90. The smallest absolute Gasteiger partial charge is 0.154 e. The molecule has 0 fully saturated rings. The Bertz CT molecular complexity index is 467. The summed E-state index contributed by atoms with van der Waals surface area (Å²) in [6.07, 6.45) is 3.73. The Balaban J connectivity index is 2.69. The Labute approximate surface area is 104 Å². The van der Waals surface area contributed by atoms with Crippen LogP contribution in [-0.2, 0) is 21.8 Å². The molecule has 0 unspecified atom stereocenters. The molecule has 4 nitrogen and oxygen atoms in total. The topological polar surface area (TPSA) is 52.0 Å². The first-order valence-corrected chi connectivity index (χ1v) is 7.59. The second kappa shape index (κ2) is 4.80. The zero-order valence-electron chi connectivity index (χ0n) is 11.3. The van der Waals surface area contributed by atoms with Crippen molar-refractivity contribution in [1.82, 2.24) is 9.78 Å². The maximum absolute atomic E-state index is 11.7. The molecule has 0 amide bonds. The van der Waals surface area contributed by atoms with Gasteiger partial charge in [-0.25, -0.2) is 8.42 Å². The van der Waals surface area contributed by atoms with Gasteiger partial charge < -0.3 is 0 Å². The van der Waals surface area contributed by atoms with E-state index in [1.165, 1.54) is 0 Å². The fraction of sp³-hybridized carbons (Fsp3) is 0.750. The van der Waals surface area contributed by atoms with Gasteiger partial charge in [0.15, 0.2) is 9.84 Å². The summed E-state index contributed by atoms with van der Waals surface area (Å²) in [6.45, 7) is 10.2. The van der Waals surface area contributed by atoms with Crippen molar-refractivity contribution < 1.29 is 8.42 Å². The van der Waals surface area contributed by atoms with Crippen LogP contribution in [0.4, 0.5) is 0 Å². The van der Waals surface area contributed by atoms with Gasteiger partial charge in [0.25, 0.3) is 0 Å². The van der Waals surface area contributed by atoms with Crippen molar-refractivity contribution in [1.29, 1.82) is 0 Å². The lowest BCUT2D eigenvalue weighted by molar-refractivity contribution is 0.570. The van der Waals surface area contributed by atoms with Crippen LogP contribution in [0.3, 0.4) is 0 Å². The molecule has 0 saturated carbocycles. The van der Waals surface area contributed by atoms with Gasteiger partial charge in [0.1, 0.15) is 0 Å². The summed E-state index contributed by atoms with van der Waals surface area (Å²) in [5.74, 6) is 0.149. The molecule has 0 saturated heterocycles. The minimum absolute atomic E-state index is 0.0508. The fourth-order valence-electron chi connectivity index (χ4n) is 1.33. The van der Waals surface area contributed by atoms with Crippen molar-refractivity contribution >= 4 is 9.84 Å². The van der Waals surface area contributed by atoms with Crippen molar-refractivity contribution in [2.45, 2.75) is 51.8 Å². The first-order chi connectivity index (χ1) is 7.63. The van der Waals surface area contributed by atoms with Gasteiger partial charge in [-0.05, 0) is 24.8 Å². The average Bonchev–Trinajstić information content (AvgIpc) is 2.62. The van der Waals surface area contributed by atoms with Crippen LogP contribution < -0.4 is 0 Å². The van der Waals surface area contributed by atoms with E-state index in [4.69, 9.17) is 0 Å². The monoisotopic (exact) mass is 258 g/mol. The predicted molar refractivity (Wildman–Crippen MR) is 69.8 cm³/mol. The van der Waals surface area contributed by atoms with E-state index in [9.17, 15) is 8.42 Å². The Hall–Kier alpha value is -0.840. The number of hydrogen-bond acceptors (Lipinski definition) is 3. The largest absolute Gasteiger partial charge is 0.271 e. The highest BCUT2D eigenvalue weighted by Gasteiger charge is 2.18. The molecule has 0 radical (unpaired) electrons. The van der Waals surface area contributed by atoms with E-state index >= 15 is 0 Å². The van der Waals surface area contributed by atoms with Crippen LogP contribution in [-0.4, -0.2) is 29.2 Å². The molecule has 98 valence electrons. The minimum Gasteiger partial charge on any atom is -0.271 e. The molecule has 1 aromatic rings. The molecule has 0 bridgehead atoms. The molecule has 1 rings (SSSR count). The van der Waals surface area contributed by atoms with E-state index in [0.717, 1.165) is 5.56 Å². The standard InChI is InChI=1S/C12H22N2O2S/c1-10(2)17(15,16)7-6-14-9-11(8-13-14)12(3,4)5/h8-10H,6-7H2,1-5H3. The van der Waals surface area contributed by atoms with Crippen LogP contribution >= 0.6 is 0 Å². The molecular formula is C12H22N2O2S. The molecule has 1 heterocycles.